The number of nitrogens with one attached hydrogen (secondary N) is 1. The van der Waals surface area contributed by atoms with E-state index in [1.54, 1.807) is 18.2 Å². The molecule has 0 bridgehead atoms. The fourth-order valence-electron chi connectivity index (χ4n) is 1.23. The Balaban J connectivity index is 2.28. The van der Waals surface area contributed by atoms with Crippen molar-refractivity contribution in [2.75, 3.05) is 12.4 Å². The van der Waals surface area contributed by atoms with E-state index in [0.717, 1.165) is 5.56 Å². The Morgan fingerprint density at radius 1 is 1.47 bits per heavy atom. The quantitative estimate of drug-likeness (QED) is 0.752. The number of phenolic OH excluding ortho intramolecular Hbond substituents is 1. The van der Waals surface area contributed by atoms with E-state index in [0.29, 0.717) is 25.3 Å². The first-order chi connectivity index (χ1) is 7.22. The first-order valence-corrected chi connectivity index (χ1v) is 5.36. The van der Waals surface area contributed by atoms with E-state index >= 15 is 0 Å². The van der Waals surface area contributed by atoms with Gasteiger partial charge in [0.25, 0.3) is 0 Å². The molecule has 82 valence electrons. The number of hydrogen-bond donors (Lipinski definition) is 2. The second-order valence-electron chi connectivity index (χ2n) is 3.21. The van der Waals surface area contributed by atoms with Crippen LogP contribution in [0.1, 0.15) is 12.0 Å². The molecular weight excluding hydrogens is 214 g/mol. The van der Waals surface area contributed by atoms with Crippen molar-refractivity contribution in [2.45, 2.75) is 12.8 Å². The largest absolute Gasteiger partial charge is 0.508 e. The molecule has 1 aromatic rings. The van der Waals surface area contributed by atoms with E-state index in [9.17, 15) is 9.90 Å². The van der Waals surface area contributed by atoms with Gasteiger partial charge in [-0.25, -0.2) is 0 Å². The average Bonchev–Trinajstić information content (AvgIpc) is 2.18. The Kier molecular flexibility index (Phi) is 4.98. The zero-order valence-corrected chi connectivity index (χ0v) is 9.13. The molecule has 0 aliphatic carbocycles. The fourth-order valence-corrected chi connectivity index (χ4v) is 1.40. The van der Waals surface area contributed by atoms with Gasteiger partial charge in [0, 0.05) is 18.8 Å². The lowest BCUT2D eigenvalue weighted by Crippen LogP contribution is -2.25. The van der Waals surface area contributed by atoms with Gasteiger partial charge in [-0.3, -0.25) is 4.79 Å². The smallest absolute Gasteiger partial charge is 0.221 e. The molecule has 2 N–H and O–H groups in total. The standard InChI is InChI=1S/C11H14ClNO2/c12-6-4-11(15)13-7-5-9-2-1-3-10(14)8-9/h1-3,8,14H,4-7H2,(H,13,15). The molecule has 0 spiro atoms. The SMILES string of the molecule is O=C(CCCl)NCCc1cccc(O)c1. The van der Waals surface area contributed by atoms with Crippen LogP contribution in [-0.4, -0.2) is 23.4 Å². The average molecular weight is 228 g/mol. The van der Waals surface area contributed by atoms with Crippen LogP contribution in [0.5, 0.6) is 5.75 Å². The van der Waals surface area contributed by atoms with E-state index in [4.69, 9.17) is 11.6 Å². The lowest BCUT2D eigenvalue weighted by Gasteiger charge is -2.04. The first-order valence-electron chi connectivity index (χ1n) is 4.83. The molecular formula is C11H14ClNO2. The maximum absolute atomic E-state index is 11.1. The van der Waals surface area contributed by atoms with Gasteiger partial charge in [0.15, 0.2) is 0 Å². The third-order valence-electron chi connectivity index (χ3n) is 1.97. The molecule has 3 nitrogen and oxygen atoms in total. The number of benzene rings is 1. The Hall–Kier alpha value is -1.22. The summed E-state index contributed by atoms with van der Waals surface area (Å²) in [5.41, 5.74) is 1.00. The molecule has 1 aromatic carbocycles. The Morgan fingerprint density at radius 2 is 2.27 bits per heavy atom. The normalized spacial score (nSPS) is 9.93. The van der Waals surface area contributed by atoms with Gasteiger partial charge in [-0.1, -0.05) is 12.1 Å². The second-order valence-corrected chi connectivity index (χ2v) is 3.59. The van der Waals surface area contributed by atoms with Gasteiger partial charge in [-0.2, -0.15) is 0 Å². The van der Waals surface area contributed by atoms with E-state index in [-0.39, 0.29) is 11.7 Å². The topological polar surface area (TPSA) is 49.3 Å². The van der Waals surface area contributed by atoms with Crippen LogP contribution in [0, 0.1) is 0 Å². The van der Waals surface area contributed by atoms with Gasteiger partial charge in [0.05, 0.1) is 0 Å². The monoisotopic (exact) mass is 227 g/mol. The second kappa shape index (κ2) is 6.30. The molecule has 0 atom stereocenters. The predicted molar refractivity (Wildman–Crippen MR) is 60.2 cm³/mol. The van der Waals surface area contributed by atoms with Gasteiger partial charge >= 0.3 is 0 Å². The number of alkyl halides is 1. The van der Waals surface area contributed by atoms with Crippen molar-refractivity contribution in [1.29, 1.82) is 0 Å². The van der Waals surface area contributed by atoms with E-state index in [2.05, 4.69) is 5.32 Å². The molecule has 0 radical (unpaired) electrons. The van der Waals surface area contributed by atoms with Crippen LogP contribution >= 0.6 is 11.6 Å². The molecule has 0 saturated heterocycles. The number of carbonyl (C=O) groups excluding carboxylic acids is 1. The number of aromatic hydroxyl groups is 1. The summed E-state index contributed by atoms with van der Waals surface area (Å²) >= 11 is 5.42. The number of halogens is 1. The van der Waals surface area contributed by atoms with Crippen LogP contribution in [0.15, 0.2) is 24.3 Å². The van der Waals surface area contributed by atoms with Crippen LogP contribution in [-0.2, 0) is 11.2 Å². The molecule has 1 amide bonds. The third kappa shape index (κ3) is 4.70. The van der Waals surface area contributed by atoms with Gasteiger partial charge in [-0.05, 0) is 24.1 Å². The van der Waals surface area contributed by atoms with Gasteiger partial charge in [-0.15, -0.1) is 11.6 Å². The highest BCUT2D eigenvalue weighted by atomic mass is 35.5. The van der Waals surface area contributed by atoms with Crippen LogP contribution in [0.4, 0.5) is 0 Å². The van der Waals surface area contributed by atoms with Gasteiger partial charge in [0.2, 0.25) is 5.91 Å². The van der Waals surface area contributed by atoms with Crippen molar-refractivity contribution in [3.8, 4) is 5.75 Å². The molecule has 0 heterocycles. The van der Waals surface area contributed by atoms with Gasteiger partial charge < -0.3 is 10.4 Å². The van der Waals surface area contributed by atoms with E-state index in [1.165, 1.54) is 0 Å². The van der Waals surface area contributed by atoms with Crippen molar-refractivity contribution in [2.24, 2.45) is 0 Å². The lowest BCUT2D eigenvalue weighted by molar-refractivity contribution is -0.120. The summed E-state index contributed by atoms with van der Waals surface area (Å²) in [6.45, 7) is 0.569. The highest BCUT2D eigenvalue weighted by Gasteiger charge is 1.99. The van der Waals surface area contributed by atoms with Crippen molar-refractivity contribution in [3.63, 3.8) is 0 Å². The molecule has 0 saturated carbocycles. The summed E-state index contributed by atoms with van der Waals surface area (Å²) in [5, 5.41) is 11.9. The summed E-state index contributed by atoms with van der Waals surface area (Å²) in [6.07, 6.45) is 1.06. The zero-order valence-electron chi connectivity index (χ0n) is 8.37. The zero-order chi connectivity index (χ0) is 11.1. The van der Waals surface area contributed by atoms with Crippen LogP contribution in [0.3, 0.4) is 0 Å². The fraction of sp³-hybridized carbons (Fsp3) is 0.364. The maximum Gasteiger partial charge on any atom is 0.221 e. The Bertz CT molecular complexity index is 328. The van der Waals surface area contributed by atoms with Gasteiger partial charge in [0.1, 0.15) is 5.75 Å². The van der Waals surface area contributed by atoms with Crippen molar-refractivity contribution in [3.05, 3.63) is 29.8 Å². The Morgan fingerprint density at radius 3 is 2.93 bits per heavy atom. The van der Waals surface area contributed by atoms with Crippen molar-refractivity contribution in [1.82, 2.24) is 5.32 Å². The molecule has 0 aliphatic rings. The molecule has 0 aliphatic heterocycles. The molecule has 1 rings (SSSR count). The van der Waals surface area contributed by atoms with Crippen molar-refractivity contribution < 1.29 is 9.90 Å². The summed E-state index contributed by atoms with van der Waals surface area (Å²) in [5.74, 6) is 0.558. The van der Waals surface area contributed by atoms with Crippen LogP contribution < -0.4 is 5.32 Å². The molecule has 4 heteroatoms. The third-order valence-corrected chi connectivity index (χ3v) is 2.16. The highest BCUT2D eigenvalue weighted by Crippen LogP contribution is 2.10. The summed E-state index contributed by atoms with van der Waals surface area (Å²) < 4.78 is 0. The number of phenols is 1. The number of hydrogen-bond acceptors (Lipinski definition) is 2. The minimum absolute atomic E-state index is 0.0369. The molecule has 0 aromatic heterocycles. The van der Waals surface area contributed by atoms with E-state index in [1.807, 2.05) is 6.07 Å². The molecule has 0 fully saturated rings. The van der Waals surface area contributed by atoms with E-state index < -0.39 is 0 Å². The number of amides is 1. The molecule has 15 heavy (non-hydrogen) atoms. The highest BCUT2D eigenvalue weighted by molar-refractivity contribution is 6.18. The molecule has 0 unspecified atom stereocenters. The predicted octanol–water partition coefficient (Wildman–Crippen LogP) is 1.68. The minimum atomic E-state index is -0.0369. The van der Waals surface area contributed by atoms with Crippen LogP contribution in [0.25, 0.3) is 0 Å². The minimum Gasteiger partial charge on any atom is -0.508 e. The van der Waals surface area contributed by atoms with Crippen LogP contribution in [0.2, 0.25) is 0 Å². The summed E-state index contributed by atoms with van der Waals surface area (Å²) in [4.78, 5) is 11.1. The maximum atomic E-state index is 11.1. The number of rotatable bonds is 5. The summed E-state index contributed by atoms with van der Waals surface area (Å²) in [7, 11) is 0. The Labute approximate surface area is 94.1 Å². The first kappa shape index (κ1) is 11.9. The lowest BCUT2D eigenvalue weighted by atomic mass is 10.1. The van der Waals surface area contributed by atoms with Crippen molar-refractivity contribution >= 4 is 17.5 Å². The summed E-state index contributed by atoms with van der Waals surface area (Å²) in [6, 6.07) is 7.00. The number of carbonyl (C=O) groups is 1.